The van der Waals surface area contributed by atoms with Gasteiger partial charge in [0.2, 0.25) is 0 Å². The second-order valence-electron chi connectivity index (χ2n) is 4.41. The molecule has 0 spiro atoms. The highest BCUT2D eigenvalue weighted by molar-refractivity contribution is 6.32. The van der Waals surface area contributed by atoms with E-state index >= 15 is 0 Å². The van der Waals surface area contributed by atoms with E-state index in [1.165, 1.54) is 25.7 Å². The summed E-state index contributed by atoms with van der Waals surface area (Å²) < 4.78 is 20.6. The molecule has 0 aromatic heterocycles. The second-order valence-corrected chi connectivity index (χ2v) is 4.82. The van der Waals surface area contributed by atoms with Crippen LogP contribution in [0.1, 0.15) is 17.3 Å². The van der Waals surface area contributed by atoms with Crippen LogP contribution in [0.25, 0.3) is 0 Å². The Balaban J connectivity index is 2.48. The first-order valence-electron chi connectivity index (χ1n) is 6.96. The number of ether oxygens (including phenoxy) is 4. The highest BCUT2D eigenvalue weighted by Gasteiger charge is 2.25. The number of methoxy groups -OCH3 is 1. The SMILES string of the molecule is CCOc1ccc(O[C]=O)c(OC)c1C(=O)Oc1ccccc1Cl. The second kappa shape index (κ2) is 8.21. The van der Waals surface area contributed by atoms with Crippen LogP contribution in [0.2, 0.25) is 5.02 Å². The van der Waals surface area contributed by atoms with Gasteiger partial charge in [-0.3, -0.25) is 0 Å². The van der Waals surface area contributed by atoms with E-state index in [2.05, 4.69) is 0 Å². The van der Waals surface area contributed by atoms with Crippen molar-refractivity contribution < 1.29 is 28.5 Å². The van der Waals surface area contributed by atoms with Gasteiger partial charge in [0.25, 0.3) is 0 Å². The van der Waals surface area contributed by atoms with Crippen molar-refractivity contribution in [2.24, 2.45) is 0 Å². The Morgan fingerprint density at radius 3 is 2.46 bits per heavy atom. The van der Waals surface area contributed by atoms with Crippen LogP contribution in [0, 0.1) is 0 Å². The third-order valence-electron chi connectivity index (χ3n) is 2.98. The van der Waals surface area contributed by atoms with Crippen LogP contribution in [0.15, 0.2) is 36.4 Å². The lowest BCUT2D eigenvalue weighted by Crippen LogP contribution is -2.13. The van der Waals surface area contributed by atoms with Crippen LogP contribution >= 0.6 is 11.6 Å². The van der Waals surface area contributed by atoms with Gasteiger partial charge in [-0.2, -0.15) is 0 Å². The molecule has 1 radical (unpaired) electrons. The number of benzene rings is 2. The van der Waals surface area contributed by atoms with Gasteiger partial charge in [0.1, 0.15) is 17.1 Å². The fourth-order valence-electron chi connectivity index (χ4n) is 2.02. The van der Waals surface area contributed by atoms with E-state index in [0.717, 1.165) is 0 Å². The summed E-state index contributed by atoms with van der Waals surface area (Å²) in [5, 5.41) is 0.274. The lowest BCUT2D eigenvalue weighted by molar-refractivity contribution is 0.0726. The number of carbonyl (C=O) groups excluding carboxylic acids is 2. The summed E-state index contributed by atoms with van der Waals surface area (Å²) in [6.07, 6.45) is 0. The molecule has 2 aromatic rings. The van der Waals surface area contributed by atoms with Crippen molar-refractivity contribution in [2.75, 3.05) is 13.7 Å². The average molecular weight is 350 g/mol. The first-order valence-corrected chi connectivity index (χ1v) is 7.34. The van der Waals surface area contributed by atoms with Crippen LogP contribution in [0.4, 0.5) is 0 Å². The molecule has 0 fully saturated rings. The molecule has 0 aliphatic heterocycles. The molecular weight excluding hydrogens is 336 g/mol. The lowest BCUT2D eigenvalue weighted by atomic mass is 10.1. The quantitative estimate of drug-likeness (QED) is 0.563. The van der Waals surface area contributed by atoms with Crippen LogP contribution < -0.4 is 18.9 Å². The summed E-state index contributed by atoms with van der Waals surface area (Å²) in [7, 11) is 1.33. The molecular formula is C17H14ClO6. The van der Waals surface area contributed by atoms with Gasteiger partial charge in [-0.1, -0.05) is 23.7 Å². The Labute approximate surface area is 143 Å². The van der Waals surface area contributed by atoms with Crippen molar-refractivity contribution in [3.8, 4) is 23.0 Å². The minimum absolute atomic E-state index is 0.00125. The van der Waals surface area contributed by atoms with E-state index in [1.807, 2.05) is 0 Å². The minimum Gasteiger partial charge on any atom is -0.493 e. The van der Waals surface area contributed by atoms with Gasteiger partial charge in [0.05, 0.1) is 18.7 Å². The molecule has 0 heterocycles. The predicted molar refractivity (Wildman–Crippen MR) is 86.9 cm³/mol. The average Bonchev–Trinajstić information content (AvgIpc) is 2.58. The largest absolute Gasteiger partial charge is 0.493 e. The molecule has 0 bridgehead atoms. The molecule has 0 saturated carbocycles. The Hall–Kier alpha value is -2.73. The van der Waals surface area contributed by atoms with Crippen molar-refractivity contribution in [3.05, 3.63) is 47.0 Å². The maximum Gasteiger partial charge on any atom is 0.423 e. The zero-order chi connectivity index (χ0) is 17.5. The van der Waals surface area contributed by atoms with Gasteiger partial charge in [0.15, 0.2) is 11.5 Å². The van der Waals surface area contributed by atoms with E-state index in [4.69, 9.17) is 30.5 Å². The number of carbonyl (C=O) groups is 1. The number of halogens is 1. The van der Waals surface area contributed by atoms with E-state index in [9.17, 15) is 9.59 Å². The first kappa shape index (κ1) is 17.6. The monoisotopic (exact) mass is 349 g/mol. The molecule has 7 heteroatoms. The Kier molecular flexibility index (Phi) is 6.03. The van der Waals surface area contributed by atoms with Gasteiger partial charge in [-0.05, 0) is 31.2 Å². The summed E-state index contributed by atoms with van der Waals surface area (Å²) in [4.78, 5) is 23.1. The molecule has 0 unspecified atom stereocenters. The number of para-hydroxylation sites is 1. The summed E-state index contributed by atoms with van der Waals surface area (Å²) in [5.74, 6) is -0.338. The van der Waals surface area contributed by atoms with Gasteiger partial charge < -0.3 is 18.9 Å². The van der Waals surface area contributed by atoms with Crippen molar-refractivity contribution in [1.82, 2.24) is 0 Å². The van der Waals surface area contributed by atoms with Crippen LogP contribution in [0.5, 0.6) is 23.0 Å². The molecule has 0 saturated heterocycles. The molecule has 0 aliphatic carbocycles. The van der Waals surface area contributed by atoms with Gasteiger partial charge in [0, 0.05) is 0 Å². The third-order valence-corrected chi connectivity index (χ3v) is 3.29. The summed E-state index contributed by atoms with van der Waals surface area (Å²) in [6, 6.07) is 9.43. The molecule has 6 nitrogen and oxygen atoms in total. The number of hydrogen-bond donors (Lipinski definition) is 0. The van der Waals surface area contributed by atoms with E-state index in [1.54, 1.807) is 31.2 Å². The zero-order valence-corrected chi connectivity index (χ0v) is 13.8. The van der Waals surface area contributed by atoms with Gasteiger partial charge in [-0.15, -0.1) is 0 Å². The molecule has 0 amide bonds. The number of hydrogen-bond acceptors (Lipinski definition) is 6. The smallest absolute Gasteiger partial charge is 0.423 e. The summed E-state index contributed by atoms with van der Waals surface area (Å²) >= 11 is 6.00. The van der Waals surface area contributed by atoms with Crippen molar-refractivity contribution >= 4 is 24.0 Å². The fraction of sp³-hybridized carbons (Fsp3) is 0.176. The molecule has 2 aromatic carbocycles. The van der Waals surface area contributed by atoms with Crippen LogP contribution in [-0.2, 0) is 4.79 Å². The van der Waals surface area contributed by atoms with Crippen molar-refractivity contribution in [2.45, 2.75) is 6.92 Å². The standard InChI is InChI=1S/C17H14ClO6/c1-3-22-13-8-9-14(23-10-19)16(21-2)15(13)17(20)24-12-7-5-4-6-11(12)18/h4-9H,3H2,1-2H3. The molecule has 0 N–H and O–H groups in total. The van der Waals surface area contributed by atoms with Crippen molar-refractivity contribution in [1.29, 1.82) is 0 Å². The van der Waals surface area contributed by atoms with E-state index < -0.39 is 5.97 Å². The molecule has 24 heavy (non-hydrogen) atoms. The van der Waals surface area contributed by atoms with E-state index in [-0.39, 0.29) is 33.6 Å². The fourth-order valence-corrected chi connectivity index (χ4v) is 2.20. The molecule has 0 aliphatic rings. The molecule has 2 rings (SSSR count). The van der Waals surface area contributed by atoms with Gasteiger partial charge in [-0.25, -0.2) is 9.59 Å². The Bertz CT molecular complexity index is 744. The van der Waals surface area contributed by atoms with Crippen molar-refractivity contribution in [3.63, 3.8) is 0 Å². The number of rotatable bonds is 7. The normalized spacial score (nSPS) is 9.96. The minimum atomic E-state index is -0.764. The Morgan fingerprint density at radius 2 is 1.83 bits per heavy atom. The topological polar surface area (TPSA) is 71.1 Å². The summed E-state index contributed by atoms with van der Waals surface area (Å²) in [5.41, 5.74) is -0.0213. The molecule has 125 valence electrons. The summed E-state index contributed by atoms with van der Waals surface area (Å²) in [6.45, 7) is 3.37. The maximum atomic E-state index is 12.6. The van der Waals surface area contributed by atoms with E-state index in [0.29, 0.717) is 6.61 Å². The highest BCUT2D eigenvalue weighted by atomic mass is 35.5. The van der Waals surface area contributed by atoms with Crippen LogP contribution in [0.3, 0.4) is 0 Å². The zero-order valence-electron chi connectivity index (χ0n) is 13.0. The van der Waals surface area contributed by atoms with Crippen LogP contribution in [-0.4, -0.2) is 26.2 Å². The maximum absolute atomic E-state index is 12.6. The third kappa shape index (κ3) is 3.78. The molecule has 0 atom stereocenters. The Morgan fingerprint density at radius 1 is 1.12 bits per heavy atom. The highest BCUT2D eigenvalue weighted by Crippen LogP contribution is 2.38. The number of esters is 1. The first-order chi connectivity index (χ1) is 11.6. The lowest BCUT2D eigenvalue weighted by Gasteiger charge is -2.15. The van der Waals surface area contributed by atoms with Gasteiger partial charge >= 0.3 is 12.4 Å². The predicted octanol–water partition coefficient (Wildman–Crippen LogP) is 3.41.